The van der Waals surface area contributed by atoms with Crippen LogP contribution in [0.5, 0.6) is 11.5 Å². The Labute approximate surface area is 209 Å². The van der Waals surface area contributed by atoms with E-state index >= 15 is 0 Å². The Bertz CT molecular complexity index is 1180. The minimum atomic E-state index is -0.256. The Hall–Kier alpha value is -2.78. The molecule has 34 heavy (non-hydrogen) atoms. The molecule has 3 aromatic rings. The molecule has 0 bridgehead atoms. The van der Waals surface area contributed by atoms with Crippen molar-refractivity contribution in [1.82, 2.24) is 0 Å². The second kappa shape index (κ2) is 9.46. The second-order valence-corrected chi connectivity index (χ2v) is 10.5. The van der Waals surface area contributed by atoms with Crippen LogP contribution >= 0.6 is 12.4 Å². The summed E-state index contributed by atoms with van der Waals surface area (Å²) in [5.41, 5.74) is 6.98. The lowest BCUT2D eigenvalue weighted by Gasteiger charge is -2.31. The monoisotopic (exact) mass is 475 g/mol. The molecule has 2 aliphatic rings. The summed E-state index contributed by atoms with van der Waals surface area (Å²) < 4.78 is 12.8. The third kappa shape index (κ3) is 5.00. The Morgan fingerprint density at radius 1 is 0.912 bits per heavy atom. The van der Waals surface area contributed by atoms with Gasteiger partial charge in [0.25, 0.3) is 0 Å². The van der Waals surface area contributed by atoms with Gasteiger partial charge in [0.1, 0.15) is 5.60 Å². The van der Waals surface area contributed by atoms with E-state index in [2.05, 4.69) is 94.4 Å². The molecule has 3 nitrogen and oxygen atoms in total. The molecule has 0 atom stereocenters. The lowest BCUT2D eigenvalue weighted by Crippen LogP contribution is -2.30. The largest absolute Gasteiger partial charge is 0.490 e. The van der Waals surface area contributed by atoms with Crippen molar-refractivity contribution in [2.75, 3.05) is 6.61 Å². The first kappa shape index (κ1) is 24.3. The molecule has 0 N–H and O–H groups in total. The third-order valence-corrected chi connectivity index (χ3v) is 6.44. The van der Waals surface area contributed by atoms with Crippen molar-refractivity contribution in [1.29, 1.82) is 0 Å². The lowest BCUT2D eigenvalue weighted by molar-refractivity contribution is 0.132. The molecular formula is C30H34ClNO2. The van der Waals surface area contributed by atoms with Gasteiger partial charge in [0.15, 0.2) is 11.5 Å². The summed E-state index contributed by atoms with van der Waals surface area (Å²) in [6, 6.07) is 23.4. The van der Waals surface area contributed by atoms with Crippen LogP contribution in [0.25, 0.3) is 0 Å². The minimum absolute atomic E-state index is 0. The Morgan fingerprint density at radius 2 is 1.59 bits per heavy atom. The summed E-state index contributed by atoms with van der Waals surface area (Å²) in [7, 11) is 0. The third-order valence-electron chi connectivity index (χ3n) is 6.44. The molecule has 0 radical (unpaired) electrons. The molecular weight excluding hydrogens is 442 g/mol. The van der Waals surface area contributed by atoms with Gasteiger partial charge in [-0.25, -0.2) is 0 Å². The van der Waals surface area contributed by atoms with Crippen LogP contribution in [0.1, 0.15) is 61.9 Å². The molecule has 0 amide bonds. The number of rotatable bonds is 6. The summed E-state index contributed by atoms with van der Waals surface area (Å²) in [5, 5.41) is 0. The van der Waals surface area contributed by atoms with E-state index in [0.29, 0.717) is 6.61 Å². The van der Waals surface area contributed by atoms with Crippen LogP contribution in [-0.4, -0.2) is 23.5 Å². The predicted octanol–water partition coefficient (Wildman–Crippen LogP) is 7.01. The average molecular weight is 476 g/mol. The number of fused-ring (bicyclic) bond motifs is 3. The molecule has 0 saturated carbocycles. The number of ether oxygens (including phenoxy) is 2. The molecule has 0 spiro atoms. The lowest BCUT2D eigenvalue weighted by atomic mass is 9.81. The maximum absolute atomic E-state index is 6.46. The zero-order chi connectivity index (χ0) is 23.1. The number of nitrogens with zero attached hydrogens (tertiary/aromatic N) is 1. The molecule has 4 heteroatoms. The van der Waals surface area contributed by atoms with Crippen LogP contribution in [0, 0.1) is 0 Å². The van der Waals surface area contributed by atoms with Gasteiger partial charge in [-0.1, -0.05) is 60.7 Å². The average Bonchev–Trinajstić information content (AvgIpc) is 3.11. The van der Waals surface area contributed by atoms with Crippen molar-refractivity contribution in [3.63, 3.8) is 0 Å². The highest BCUT2D eigenvalue weighted by Crippen LogP contribution is 2.48. The fourth-order valence-corrected chi connectivity index (χ4v) is 5.08. The van der Waals surface area contributed by atoms with E-state index < -0.39 is 0 Å². The minimum Gasteiger partial charge on any atom is -0.490 e. The van der Waals surface area contributed by atoms with Crippen LogP contribution in [0.4, 0.5) is 0 Å². The highest BCUT2D eigenvalue weighted by molar-refractivity contribution is 6.16. The van der Waals surface area contributed by atoms with Gasteiger partial charge in [0.2, 0.25) is 0 Å². The number of benzene rings is 3. The van der Waals surface area contributed by atoms with Gasteiger partial charge in [-0.15, -0.1) is 12.4 Å². The van der Waals surface area contributed by atoms with Crippen molar-refractivity contribution >= 4 is 18.1 Å². The number of hydrogen-bond donors (Lipinski definition) is 0. The molecule has 0 aliphatic carbocycles. The smallest absolute Gasteiger partial charge is 0.166 e. The van der Waals surface area contributed by atoms with Crippen molar-refractivity contribution in [3.8, 4) is 11.5 Å². The van der Waals surface area contributed by atoms with Gasteiger partial charge in [0.05, 0.1) is 17.9 Å². The van der Waals surface area contributed by atoms with Crippen LogP contribution < -0.4 is 9.47 Å². The van der Waals surface area contributed by atoms with E-state index in [0.717, 1.165) is 48.5 Å². The topological polar surface area (TPSA) is 30.8 Å². The second-order valence-electron chi connectivity index (χ2n) is 10.5. The van der Waals surface area contributed by atoms with Gasteiger partial charge < -0.3 is 9.47 Å². The van der Waals surface area contributed by atoms with Crippen molar-refractivity contribution in [3.05, 3.63) is 94.5 Å². The van der Waals surface area contributed by atoms with E-state index in [1.54, 1.807) is 0 Å². The normalized spacial score (nSPS) is 17.0. The summed E-state index contributed by atoms with van der Waals surface area (Å²) in [4.78, 5) is 5.21. The first-order valence-corrected chi connectivity index (χ1v) is 12.0. The summed E-state index contributed by atoms with van der Waals surface area (Å²) in [6.45, 7) is 9.42. The molecule has 0 saturated heterocycles. The molecule has 0 aromatic heterocycles. The van der Waals surface area contributed by atoms with Crippen LogP contribution in [0.3, 0.4) is 0 Å². The molecule has 3 aromatic carbocycles. The number of hydrogen-bond acceptors (Lipinski definition) is 3. The molecule has 5 rings (SSSR count). The van der Waals surface area contributed by atoms with E-state index in [9.17, 15) is 0 Å². The van der Waals surface area contributed by atoms with Crippen molar-refractivity contribution < 1.29 is 9.47 Å². The van der Waals surface area contributed by atoms with E-state index in [1.807, 2.05) is 0 Å². The molecule has 178 valence electrons. The van der Waals surface area contributed by atoms with E-state index in [-0.39, 0.29) is 23.5 Å². The zero-order valence-corrected chi connectivity index (χ0v) is 21.4. The van der Waals surface area contributed by atoms with Crippen LogP contribution in [0.2, 0.25) is 0 Å². The van der Waals surface area contributed by atoms with Crippen LogP contribution in [-0.2, 0) is 19.3 Å². The van der Waals surface area contributed by atoms with Gasteiger partial charge in [0, 0.05) is 23.1 Å². The number of aliphatic imine (C=N–C) groups is 1. The number of halogens is 1. The van der Waals surface area contributed by atoms with E-state index in [4.69, 9.17) is 14.5 Å². The highest BCUT2D eigenvalue weighted by atomic mass is 35.5. The van der Waals surface area contributed by atoms with Crippen molar-refractivity contribution in [2.24, 2.45) is 4.99 Å². The summed E-state index contributed by atoms with van der Waals surface area (Å²) in [5.74, 6) is 1.79. The molecule has 0 unspecified atom stereocenters. The highest BCUT2D eigenvalue weighted by Gasteiger charge is 2.39. The fourth-order valence-electron chi connectivity index (χ4n) is 5.08. The first-order chi connectivity index (χ1) is 15.8. The quantitative estimate of drug-likeness (QED) is 0.359. The van der Waals surface area contributed by atoms with Gasteiger partial charge in [-0.2, -0.15) is 0 Å². The van der Waals surface area contributed by atoms with Gasteiger partial charge in [-0.3, -0.25) is 4.99 Å². The maximum atomic E-state index is 6.46. The Balaban J connectivity index is 0.00000274. The van der Waals surface area contributed by atoms with Crippen molar-refractivity contribution in [2.45, 2.75) is 64.5 Å². The molecule has 0 fully saturated rings. The Kier molecular flexibility index (Phi) is 6.78. The number of aryl methyl sites for hydroxylation is 1. The molecule has 2 heterocycles. The summed E-state index contributed by atoms with van der Waals surface area (Å²) >= 11 is 0. The fraction of sp³-hybridized carbons (Fsp3) is 0.367. The standard InChI is InChI=1S/C30H33NO2.ClH/c1-29(2)19-23-18-25(32-17-11-14-21-12-7-5-8-13-21)28-24(20-30(3,4)33-28)26(23)27(31-29)22-15-9-6-10-16-22;/h5-10,12-13,15-16,18H,11,14,17,19-20H2,1-4H3;1H. The first-order valence-electron chi connectivity index (χ1n) is 12.0. The maximum Gasteiger partial charge on any atom is 0.166 e. The van der Waals surface area contributed by atoms with E-state index in [1.165, 1.54) is 22.3 Å². The Morgan fingerprint density at radius 3 is 2.29 bits per heavy atom. The van der Waals surface area contributed by atoms with Crippen LogP contribution in [0.15, 0.2) is 71.7 Å². The predicted molar refractivity (Wildman–Crippen MR) is 142 cm³/mol. The van der Waals surface area contributed by atoms with Gasteiger partial charge >= 0.3 is 0 Å². The van der Waals surface area contributed by atoms with Gasteiger partial charge in [-0.05, 0) is 64.2 Å². The SMILES string of the molecule is CC1(C)Cc2cc(OCCCc3ccccc3)c3c(c2C(c2ccccc2)=N1)CC(C)(C)O3.Cl. The zero-order valence-electron chi connectivity index (χ0n) is 20.6. The molecule has 2 aliphatic heterocycles. The summed E-state index contributed by atoms with van der Waals surface area (Å²) in [6.07, 6.45) is 3.74.